The number of unbranched alkanes of at least 4 members (excludes halogenated alkanes) is 1. The smallest absolute Gasteiger partial charge is 0.320 e. The molecule has 22 heavy (non-hydrogen) atoms. The second-order valence-corrected chi connectivity index (χ2v) is 5.65. The maximum atomic E-state index is 10.5. The van der Waals surface area contributed by atoms with Crippen LogP contribution in [0.1, 0.15) is 19.3 Å². The summed E-state index contributed by atoms with van der Waals surface area (Å²) in [4.78, 5) is 10.5. The highest BCUT2D eigenvalue weighted by atomic mass is 16.6. The molecule has 1 aliphatic rings. The number of nitrogens with one attached hydrogen (secondary N) is 1. The molecule has 0 aromatic rings. The number of carbonyl (C=O) groups is 1. The van der Waals surface area contributed by atoms with Crippen molar-refractivity contribution in [1.82, 2.24) is 5.32 Å². The fourth-order valence-electron chi connectivity index (χ4n) is 2.28. The second kappa shape index (κ2) is 8.73. The normalized spacial score (nSPS) is 33.6. The minimum atomic E-state index is -1.91. The van der Waals surface area contributed by atoms with Crippen LogP contribution in [0, 0.1) is 5.92 Å². The molecule has 1 rings (SSSR count). The van der Waals surface area contributed by atoms with Crippen LogP contribution < -0.4 is 11.1 Å². The van der Waals surface area contributed by atoms with Crippen molar-refractivity contribution in [1.29, 1.82) is 0 Å². The van der Waals surface area contributed by atoms with Crippen molar-refractivity contribution < 1.29 is 35.1 Å². The average Bonchev–Trinajstić information content (AvgIpc) is 2.48. The van der Waals surface area contributed by atoms with Crippen LogP contribution >= 0.6 is 0 Å². The van der Waals surface area contributed by atoms with E-state index in [9.17, 15) is 20.1 Å². The lowest BCUT2D eigenvalue weighted by Crippen LogP contribution is -2.63. The Kier molecular flexibility index (Phi) is 7.63. The lowest BCUT2D eigenvalue weighted by Gasteiger charge is -2.42. The number of aliphatic carboxylic acids is 1. The summed E-state index contributed by atoms with van der Waals surface area (Å²) in [6, 6.07) is -0.877. The largest absolute Gasteiger partial charge is 0.480 e. The summed E-state index contributed by atoms with van der Waals surface area (Å²) in [6.45, 7) is -0.00937. The van der Waals surface area contributed by atoms with Gasteiger partial charge in [0.15, 0.2) is 0 Å². The molecule has 0 amide bonds. The Morgan fingerprint density at radius 3 is 2.68 bits per heavy atom. The fourth-order valence-corrected chi connectivity index (χ4v) is 2.28. The van der Waals surface area contributed by atoms with Crippen LogP contribution in [0.15, 0.2) is 0 Å². The molecule has 0 aromatic heterocycles. The summed E-state index contributed by atoms with van der Waals surface area (Å²) in [6.07, 6.45) is -1.17. The number of carboxylic acid groups (broad SMARTS) is 1. The first-order chi connectivity index (χ1) is 10.3. The van der Waals surface area contributed by atoms with E-state index in [1.165, 1.54) is 0 Å². The van der Waals surface area contributed by atoms with Gasteiger partial charge in [-0.2, -0.15) is 0 Å². The Morgan fingerprint density at radius 1 is 1.41 bits per heavy atom. The van der Waals surface area contributed by atoms with E-state index < -0.39 is 35.9 Å². The molecule has 1 saturated heterocycles. The Hall–Kier alpha value is -0.810. The van der Waals surface area contributed by atoms with Crippen LogP contribution in [0.3, 0.4) is 0 Å². The molecular weight excluding hydrogens is 296 g/mol. The number of aliphatic hydroxyl groups is 4. The van der Waals surface area contributed by atoms with Crippen molar-refractivity contribution in [3.63, 3.8) is 0 Å². The highest BCUT2D eigenvalue weighted by Gasteiger charge is 2.48. The maximum absolute atomic E-state index is 10.5. The van der Waals surface area contributed by atoms with Gasteiger partial charge in [-0.3, -0.25) is 4.79 Å². The summed E-state index contributed by atoms with van der Waals surface area (Å²) in [7, 11) is 0. The van der Waals surface area contributed by atoms with Gasteiger partial charge in [-0.1, -0.05) is 6.42 Å². The summed E-state index contributed by atoms with van der Waals surface area (Å²) < 4.78 is 5.15. The lowest BCUT2D eigenvalue weighted by molar-refractivity contribution is -0.312. The number of ether oxygens (including phenoxy) is 1. The van der Waals surface area contributed by atoms with Gasteiger partial charge in [-0.15, -0.1) is 0 Å². The van der Waals surface area contributed by atoms with Crippen molar-refractivity contribution in [2.45, 2.75) is 43.3 Å². The molecule has 0 spiro atoms. The zero-order chi connectivity index (χ0) is 16.8. The third-order valence-corrected chi connectivity index (χ3v) is 3.86. The standard InChI is InChI=1S/C13H26N2O7/c14-9(12(19)20)3-1-2-4-15-7-13(21)11(18)10(17)8(5-16)6-22-13/h8-11,15-18,21H,1-7,14H2,(H,19,20)/t8?,9-,10?,11?,13?/m0/s1. The van der Waals surface area contributed by atoms with Crippen LogP contribution in [0.4, 0.5) is 0 Å². The van der Waals surface area contributed by atoms with Gasteiger partial charge in [0.25, 0.3) is 0 Å². The van der Waals surface area contributed by atoms with Crippen LogP contribution in [0.2, 0.25) is 0 Å². The topological polar surface area (TPSA) is 166 Å². The quantitative estimate of drug-likeness (QED) is 0.222. The third kappa shape index (κ3) is 5.13. The SMILES string of the molecule is N[C@@H](CCCCNCC1(O)OCC(CO)C(O)C1O)C(=O)O. The second-order valence-electron chi connectivity index (χ2n) is 5.65. The Balaban J connectivity index is 2.25. The van der Waals surface area contributed by atoms with E-state index in [4.69, 9.17) is 20.7 Å². The maximum Gasteiger partial charge on any atom is 0.320 e. The molecular formula is C13H26N2O7. The molecule has 0 saturated carbocycles. The fraction of sp³-hybridized carbons (Fsp3) is 0.923. The Labute approximate surface area is 128 Å². The summed E-state index contributed by atoms with van der Waals surface area (Å²) >= 11 is 0. The van der Waals surface area contributed by atoms with Gasteiger partial charge >= 0.3 is 5.97 Å². The average molecular weight is 322 g/mol. The predicted molar refractivity (Wildman–Crippen MR) is 75.8 cm³/mol. The van der Waals surface area contributed by atoms with E-state index in [0.717, 1.165) is 0 Å². The van der Waals surface area contributed by atoms with Crippen molar-refractivity contribution in [2.75, 3.05) is 26.3 Å². The molecule has 0 bridgehead atoms. The molecule has 130 valence electrons. The van der Waals surface area contributed by atoms with Gasteiger partial charge in [0.1, 0.15) is 12.1 Å². The molecule has 1 heterocycles. The van der Waals surface area contributed by atoms with Gasteiger partial charge in [0.2, 0.25) is 5.79 Å². The summed E-state index contributed by atoms with van der Waals surface area (Å²) in [5, 5.41) is 50.3. The Bertz CT molecular complexity index is 357. The van der Waals surface area contributed by atoms with E-state index in [1.54, 1.807) is 0 Å². The number of hydrogen-bond acceptors (Lipinski definition) is 8. The highest BCUT2D eigenvalue weighted by Crippen LogP contribution is 2.26. The first-order valence-electron chi connectivity index (χ1n) is 7.34. The van der Waals surface area contributed by atoms with E-state index in [1.807, 2.05) is 0 Å². The van der Waals surface area contributed by atoms with Gasteiger partial charge in [-0.25, -0.2) is 0 Å². The zero-order valence-electron chi connectivity index (χ0n) is 12.4. The van der Waals surface area contributed by atoms with Crippen molar-refractivity contribution in [2.24, 2.45) is 11.7 Å². The van der Waals surface area contributed by atoms with Crippen LogP contribution in [-0.2, 0) is 9.53 Å². The summed E-state index contributed by atoms with van der Waals surface area (Å²) in [5.41, 5.74) is 5.37. The molecule has 0 aliphatic carbocycles. The molecule has 9 nitrogen and oxygen atoms in total. The molecule has 9 heteroatoms. The van der Waals surface area contributed by atoms with Crippen molar-refractivity contribution in [3.8, 4) is 0 Å². The van der Waals surface area contributed by atoms with E-state index in [-0.39, 0.29) is 19.8 Å². The number of nitrogens with two attached hydrogens (primary N) is 1. The number of carboxylic acids is 1. The van der Waals surface area contributed by atoms with Gasteiger partial charge in [-0.05, 0) is 19.4 Å². The molecule has 0 radical (unpaired) electrons. The highest BCUT2D eigenvalue weighted by molar-refractivity contribution is 5.72. The molecule has 0 aromatic carbocycles. The number of hydrogen-bond donors (Lipinski definition) is 7. The van der Waals surface area contributed by atoms with Gasteiger partial charge in [0.05, 0.1) is 25.9 Å². The van der Waals surface area contributed by atoms with Gasteiger partial charge < -0.3 is 41.3 Å². The molecule has 1 aliphatic heterocycles. The van der Waals surface area contributed by atoms with Crippen LogP contribution in [0.5, 0.6) is 0 Å². The third-order valence-electron chi connectivity index (χ3n) is 3.86. The molecule has 5 atom stereocenters. The number of aliphatic hydroxyl groups excluding tert-OH is 3. The van der Waals surface area contributed by atoms with Crippen molar-refractivity contribution in [3.05, 3.63) is 0 Å². The summed E-state index contributed by atoms with van der Waals surface area (Å²) in [5.74, 6) is -3.58. The van der Waals surface area contributed by atoms with Crippen LogP contribution in [-0.4, -0.2) is 81.8 Å². The van der Waals surface area contributed by atoms with E-state index in [2.05, 4.69) is 5.32 Å². The first-order valence-corrected chi connectivity index (χ1v) is 7.34. The molecule has 8 N–H and O–H groups in total. The molecule has 4 unspecified atom stereocenters. The van der Waals surface area contributed by atoms with E-state index in [0.29, 0.717) is 25.8 Å². The lowest BCUT2D eigenvalue weighted by atomic mass is 9.90. The van der Waals surface area contributed by atoms with Gasteiger partial charge in [0, 0.05) is 5.92 Å². The minimum absolute atomic E-state index is 0.0552. The van der Waals surface area contributed by atoms with Crippen molar-refractivity contribution >= 4 is 5.97 Å². The Morgan fingerprint density at radius 2 is 2.09 bits per heavy atom. The minimum Gasteiger partial charge on any atom is -0.480 e. The zero-order valence-corrected chi connectivity index (χ0v) is 12.4. The first kappa shape index (κ1) is 19.2. The number of rotatable bonds is 9. The van der Waals surface area contributed by atoms with Crippen LogP contribution in [0.25, 0.3) is 0 Å². The van der Waals surface area contributed by atoms with E-state index >= 15 is 0 Å². The monoisotopic (exact) mass is 322 g/mol. The molecule has 1 fully saturated rings. The predicted octanol–water partition coefficient (Wildman–Crippen LogP) is -2.79.